The SMILES string of the molecule is CC(C)(C)OC(=O)[C@@H]1CCCN(C(=O)C(F)(F)F)C1. The molecule has 1 saturated heterocycles. The molecule has 0 unspecified atom stereocenters. The van der Waals surface area contributed by atoms with Crippen LogP contribution in [-0.2, 0) is 14.3 Å². The van der Waals surface area contributed by atoms with Crippen molar-refractivity contribution in [2.45, 2.75) is 45.4 Å². The zero-order valence-corrected chi connectivity index (χ0v) is 11.2. The molecule has 1 heterocycles. The van der Waals surface area contributed by atoms with Crippen LogP contribution in [0, 0.1) is 5.92 Å². The maximum absolute atomic E-state index is 12.3. The lowest BCUT2D eigenvalue weighted by molar-refractivity contribution is -0.188. The van der Waals surface area contributed by atoms with Crippen LogP contribution in [-0.4, -0.2) is 41.6 Å². The van der Waals surface area contributed by atoms with Gasteiger partial charge >= 0.3 is 18.1 Å². The predicted molar refractivity (Wildman–Crippen MR) is 61.2 cm³/mol. The first kappa shape index (κ1) is 15.8. The largest absolute Gasteiger partial charge is 0.471 e. The summed E-state index contributed by atoms with van der Waals surface area (Å²) in [6, 6.07) is 0. The Bertz CT molecular complexity index is 360. The molecule has 1 rings (SSSR count). The highest BCUT2D eigenvalue weighted by Gasteiger charge is 2.44. The van der Waals surface area contributed by atoms with Crippen LogP contribution < -0.4 is 0 Å². The van der Waals surface area contributed by atoms with Gasteiger partial charge in [0.05, 0.1) is 5.92 Å². The molecule has 1 aliphatic heterocycles. The van der Waals surface area contributed by atoms with Gasteiger partial charge in [0, 0.05) is 13.1 Å². The number of halogens is 3. The Labute approximate surface area is 109 Å². The van der Waals surface area contributed by atoms with Gasteiger partial charge in [-0.2, -0.15) is 13.2 Å². The summed E-state index contributed by atoms with van der Waals surface area (Å²) < 4.78 is 42.1. The molecule has 7 heteroatoms. The zero-order valence-electron chi connectivity index (χ0n) is 11.2. The summed E-state index contributed by atoms with van der Waals surface area (Å²) in [6.07, 6.45) is -4.09. The van der Waals surface area contributed by atoms with Crippen LogP contribution in [0.2, 0.25) is 0 Å². The summed E-state index contributed by atoms with van der Waals surface area (Å²) in [6.45, 7) is 4.86. The summed E-state index contributed by atoms with van der Waals surface area (Å²) in [7, 11) is 0. The lowest BCUT2D eigenvalue weighted by Crippen LogP contribution is -2.48. The van der Waals surface area contributed by atoms with Gasteiger partial charge in [-0.25, -0.2) is 0 Å². The Morgan fingerprint density at radius 3 is 2.26 bits per heavy atom. The van der Waals surface area contributed by atoms with Crippen molar-refractivity contribution in [3.8, 4) is 0 Å². The van der Waals surface area contributed by atoms with E-state index in [9.17, 15) is 22.8 Å². The van der Waals surface area contributed by atoms with Crippen molar-refractivity contribution in [2.24, 2.45) is 5.92 Å². The molecule has 1 fully saturated rings. The van der Waals surface area contributed by atoms with Crippen molar-refractivity contribution in [3.05, 3.63) is 0 Å². The van der Waals surface area contributed by atoms with Gasteiger partial charge in [-0.3, -0.25) is 9.59 Å². The van der Waals surface area contributed by atoms with Gasteiger partial charge in [-0.15, -0.1) is 0 Å². The highest BCUT2D eigenvalue weighted by atomic mass is 19.4. The van der Waals surface area contributed by atoms with Crippen molar-refractivity contribution in [1.29, 1.82) is 0 Å². The third kappa shape index (κ3) is 4.72. The summed E-state index contributed by atoms with van der Waals surface area (Å²) in [5.74, 6) is -3.12. The number of likely N-dealkylation sites (tertiary alicyclic amines) is 1. The van der Waals surface area contributed by atoms with Crippen molar-refractivity contribution in [2.75, 3.05) is 13.1 Å². The number of hydrogen-bond acceptors (Lipinski definition) is 3. The molecule has 110 valence electrons. The molecular formula is C12H18F3NO3. The Morgan fingerprint density at radius 2 is 1.79 bits per heavy atom. The number of carbonyl (C=O) groups excluding carboxylic acids is 2. The average molecular weight is 281 g/mol. The number of amides is 1. The Hall–Kier alpha value is -1.27. The lowest BCUT2D eigenvalue weighted by atomic mass is 9.97. The van der Waals surface area contributed by atoms with Crippen molar-refractivity contribution in [1.82, 2.24) is 4.90 Å². The molecule has 0 aromatic carbocycles. The van der Waals surface area contributed by atoms with Crippen LogP contribution >= 0.6 is 0 Å². The topological polar surface area (TPSA) is 46.6 Å². The quantitative estimate of drug-likeness (QED) is 0.692. The van der Waals surface area contributed by atoms with Gasteiger partial charge in [-0.05, 0) is 33.6 Å². The third-order valence-corrected chi connectivity index (χ3v) is 2.69. The number of rotatable bonds is 1. The Morgan fingerprint density at radius 1 is 1.21 bits per heavy atom. The number of carbonyl (C=O) groups is 2. The number of ether oxygens (including phenoxy) is 1. The summed E-state index contributed by atoms with van der Waals surface area (Å²) in [5, 5.41) is 0. The fraction of sp³-hybridized carbons (Fsp3) is 0.833. The molecule has 4 nitrogen and oxygen atoms in total. The van der Waals surface area contributed by atoms with Crippen LogP contribution in [0.5, 0.6) is 0 Å². The minimum Gasteiger partial charge on any atom is -0.460 e. The van der Waals surface area contributed by atoms with Crippen LogP contribution in [0.3, 0.4) is 0 Å². The van der Waals surface area contributed by atoms with E-state index in [2.05, 4.69) is 0 Å². The maximum atomic E-state index is 12.3. The average Bonchev–Trinajstić information content (AvgIpc) is 2.24. The maximum Gasteiger partial charge on any atom is 0.471 e. The first-order valence-electron chi connectivity index (χ1n) is 6.09. The molecule has 0 spiro atoms. The van der Waals surface area contributed by atoms with Gasteiger partial charge in [-0.1, -0.05) is 0 Å². The van der Waals surface area contributed by atoms with Gasteiger partial charge in [0.25, 0.3) is 0 Å². The highest BCUT2D eigenvalue weighted by Crippen LogP contribution is 2.25. The van der Waals surface area contributed by atoms with E-state index in [1.54, 1.807) is 20.8 Å². The summed E-state index contributed by atoms with van der Waals surface area (Å²) in [5.41, 5.74) is -0.687. The molecule has 1 amide bonds. The van der Waals surface area contributed by atoms with E-state index in [4.69, 9.17) is 4.74 Å². The molecule has 0 radical (unpaired) electrons. The van der Waals surface area contributed by atoms with Crippen LogP contribution in [0.4, 0.5) is 13.2 Å². The Kier molecular flexibility index (Phi) is 4.47. The van der Waals surface area contributed by atoms with E-state index in [0.717, 1.165) is 0 Å². The minimum atomic E-state index is -4.89. The van der Waals surface area contributed by atoms with E-state index in [1.165, 1.54) is 0 Å². The lowest BCUT2D eigenvalue weighted by Gasteiger charge is -2.33. The first-order chi connectivity index (χ1) is 8.50. The van der Waals surface area contributed by atoms with E-state index in [1.807, 2.05) is 0 Å². The summed E-state index contributed by atoms with van der Waals surface area (Å²) >= 11 is 0. The Balaban J connectivity index is 2.65. The number of hydrogen-bond donors (Lipinski definition) is 0. The van der Waals surface area contributed by atoms with Gasteiger partial charge in [0.2, 0.25) is 0 Å². The molecule has 0 N–H and O–H groups in total. The molecule has 1 aliphatic rings. The molecule has 1 atom stereocenters. The van der Waals surface area contributed by atoms with E-state index >= 15 is 0 Å². The zero-order chi connectivity index (χ0) is 14.8. The van der Waals surface area contributed by atoms with Gasteiger partial charge in [0.1, 0.15) is 5.60 Å². The smallest absolute Gasteiger partial charge is 0.460 e. The number of esters is 1. The number of alkyl halides is 3. The number of piperidine rings is 1. The molecule has 0 aliphatic carbocycles. The fourth-order valence-corrected chi connectivity index (χ4v) is 1.92. The molecule has 0 aromatic rings. The molecule has 0 saturated carbocycles. The van der Waals surface area contributed by atoms with Crippen LogP contribution in [0.15, 0.2) is 0 Å². The molecule has 0 bridgehead atoms. The van der Waals surface area contributed by atoms with E-state index < -0.39 is 29.6 Å². The minimum absolute atomic E-state index is 0.0254. The van der Waals surface area contributed by atoms with Crippen LogP contribution in [0.1, 0.15) is 33.6 Å². The van der Waals surface area contributed by atoms with E-state index in [-0.39, 0.29) is 13.1 Å². The second kappa shape index (κ2) is 5.38. The molecular weight excluding hydrogens is 263 g/mol. The molecule has 0 aromatic heterocycles. The highest BCUT2D eigenvalue weighted by molar-refractivity contribution is 5.83. The monoisotopic (exact) mass is 281 g/mol. The second-order valence-corrected chi connectivity index (χ2v) is 5.62. The van der Waals surface area contributed by atoms with Gasteiger partial charge < -0.3 is 9.64 Å². The normalized spacial score (nSPS) is 21.2. The molecule has 19 heavy (non-hydrogen) atoms. The standard InChI is InChI=1S/C12H18F3NO3/c1-11(2,3)19-9(17)8-5-4-6-16(7-8)10(18)12(13,14)15/h8H,4-7H2,1-3H3/t8-/m1/s1. The number of nitrogens with zero attached hydrogens (tertiary/aromatic N) is 1. The van der Waals surface area contributed by atoms with E-state index in [0.29, 0.717) is 17.7 Å². The summed E-state index contributed by atoms with van der Waals surface area (Å²) in [4.78, 5) is 23.6. The van der Waals surface area contributed by atoms with Crippen molar-refractivity contribution < 1.29 is 27.5 Å². The van der Waals surface area contributed by atoms with Crippen molar-refractivity contribution >= 4 is 11.9 Å². The van der Waals surface area contributed by atoms with Gasteiger partial charge in [0.15, 0.2) is 0 Å². The first-order valence-corrected chi connectivity index (χ1v) is 6.09. The predicted octanol–water partition coefficient (Wildman–Crippen LogP) is 2.13. The fourth-order valence-electron chi connectivity index (χ4n) is 1.92. The second-order valence-electron chi connectivity index (χ2n) is 5.62. The third-order valence-electron chi connectivity index (χ3n) is 2.69. The van der Waals surface area contributed by atoms with Crippen LogP contribution in [0.25, 0.3) is 0 Å². The van der Waals surface area contributed by atoms with Crippen molar-refractivity contribution in [3.63, 3.8) is 0 Å².